The highest BCUT2D eigenvalue weighted by atomic mass is 35.5. The lowest BCUT2D eigenvalue weighted by atomic mass is 10.2. The molecule has 0 aliphatic carbocycles. The van der Waals surface area contributed by atoms with Gasteiger partial charge >= 0.3 is 0 Å². The van der Waals surface area contributed by atoms with E-state index in [1.165, 1.54) is 0 Å². The Hall–Kier alpha value is -2.19. The number of anilines is 1. The second-order valence-corrected chi connectivity index (χ2v) is 11.8. The maximum Gasteiger partial charge on any atom is 0.264 e. The van der Waals surface area contributed by atoms with Gasteiger partial charge in [0.2, 0.25) is 5.91 Å². The predicted molar refractivity (Wildman–Crippen MR) is 147 cm³/mol. The van der Waals surface area contributed by atoms with Crippen molar-refractivity contribution in [3.05, 3.63) is 93.5 Å². The SMILES string of the molecule is Cc1ccc(S(=O)(=O)N(CC(=O)NCCCSCc2ccccc2Cl)c2cccc(Cl)c2C)cc1. The van der Waals surface area contributed by atoms with Crippen LogP contribution in [0, 0.1) is 13.8 Å². The van der Waals surface area contributed by atoms with Crippen LogP contribution in [0.4, 0.5) is 5.69 Å². The number of thioether (sulfide) groups is 1. The van der Waals surface area contributed by atoms with Gasteiger partial charge in [-0.15, -0.1) is 0 Å². The van der Waals surface area contributed by atoms with E-state index in [4.69, 9.17) is 23.2 Å². The summed E-state index contributed by atoms with van der Waals surface area (Å²) in [5.74, 6) is 1.25. The molecule has 0 aromatic heterocycles. The van der Waals surface area contributed by atoms with E-state index in [1.807, 2.05) is 31.2 Å². The number of halogens is 2. The van der Waals surface area contributed by atoms with Gasteiger partial charge in [-0.2, -0.15) is 11.8 Å². The molecule has 0 radical (unpaired) electrons. The van der Waals surface area contributed by atoms with E-state index < -0.39 is 10.0 Å². The molecular weight excluding hydrogens is 523 g/mol. The molecule has 0 saturated carbocycles. The van der Waals surface area contributed by atoms with Crippen molar-refractivity contribution in [3.8, 4) is 0 Å². The molecule has 0 saturated heterocycles. The molecule has 1 N–H and O–H groups in total. The zero-order chi connectivity index (χ0) is 25.4. The first-order chi connectivity index (χ1) is 16.7. The second-order valence-electron chi connectivity index (χ2n) is 8.06. The van der Waals surface area contributed by atoms with Gasteiger partial charge in [0, 0.05) is 22.3 Å². The molecule has 0 unspecified atom stereocenters. The molecule has 35 heavy (non-hydrogen) atoms. The lowest BCUT2D eigenvalue weighted by Gasteiger charge is -2.26. The van der Waals surface area contributed by atoms with Crippen molar-refractivity contribution in [2.75, 3.05) is 23.1 Å². The number of aryl methyl sites for hydroxylation is 1. The monoisotopic (exact) mass is 550 g/mol. The molecule has 1 amide bonds. The molecular formula is C26H28Cl2N2O3S2. The van der Waals surface area contributed by atoms with Crippen LogP contribution >= 0.6 is 35.0 Å². The minimum Gasteiger partial charge on any atom is -0.354 e. The lowest BCUT2D eigenvalue weighted by Crippen LogP contribution is -2.41. The number of sulfonamides is 1. The number of nitrogens with one attached hydrogen (secondary N) is 1. The number of benzene rings is 3. The van der Waals surface area contributed by atoms with E-state index in [1.54, 1.807) is 61.2 Å². The molecule has 0 bridgehead atoms. The Balaban J connectivity index is 1.64. The first kappa shape index (κ1) is 27.4. The third-order valence-electron chi connectivity index (χ3n) is 5.41. The van der Waals surface area contributed by atoms with Crippen LogP contribution in [0.2, 0.25) is 10.0 Å². The van der Waals surface area contributed by atoms with Gasteiger partial charge in [0.1, 0.15) is 6.54 Å². The number of carbonyl (C=O) groups excluding carboxylic acids is 1. The second kappa shape index (κ2) is 12.7. The molecule has 3 aromatic carbocycles. The predicted octanol–water partition coefficient (Wildman–Crippen LogP) is 6.25. The highest BCUT2D eigenvalue weighted by molar-refractivity contribution is 7.98. The zero-order valence-electron chi connectivity index (χ0n) is 19.6. The Morgan fingerprint density at radius 3 is 2.34 bits per heavy atom. The fourth-order valence-corrected chi connectivity index (χ4v) is 6.28. The summed E-state index contributed by atoms with van der Waals surface area (Å²) in [7, 11) is -3.98. The standard InChI is InChI=1S/C26H28Cl2N2O3S2/c1-19-11-13-22(14-12-19)35(32,33)30(25-10-5-9-23(27)20(25)2)17-26(31)29-15-6-16-34-18-21-7-3-4-8-24(21)28/h3-5,7-14H,6,15-18H2,1-2H3,(H,29,31). The Morgan fingerprint density at radius 1 is 0.943 bits per heavy atom. The summed E-state index contributed by atoms with van der Waals surface area (Å²) in [6.07, 6.45) is 0.752. The first-order valence-electron chi connectivity index (χ1n) is 11.1. The van der Waals surface area contributed by atoms with Crippen LogP contribution in [0.5, 0.6) is 0 Å². The van der Waals surface area contributed by atoms with E-state index >= 15 is 0 Å². The minimum atomic E-state index is -3.98. The fourth-order valence-electron chi connectivity index (χ4n) is 3.39. The normalized spacial score (nSPS) is 11.3. The van der Waals surface area contributed by atoms with Crippen LogP contribution in [0.3, 0.4) is 0 Å². The smallest absolute Gasteiger partial charge is 0.264 e. The fraction of sp³-hybridized carbons (Fsp3) is 0.269. The average molecular weight is 552 g/mol. The van der Waals surface area contributed by atoms with Gasteiger partial charge in [-0.3, -0.25) is 9.10 Å². The number of hydrogen-bond donors (Lipinski definition) is 1. The highest BCUT2D eigenvalue weighted by Crippen LogP contribution is 2.31. The van der Waals surface area contributed by atoms with E-state index in [9.17, 15) is 13.2 Å². The Kier molecular flexibility index (Phi) is 9.92. The molecule has 0 aliphatic rings. The minimum absolute atomic E-state index is 0.117. The van der Waals surface area contributed by atoms with Crippen LogP contribution in [-0.4, -0.2) is 33.2 Å². The molecule has 3 rings (SSSR count). The van der Waals surface area contributed by atoms with Crippen LogP contribution < -0.4 is 9.62 Å². The third-order valence-corrected chi connectivity index (χ3v) is 9.05. The van der Waals surface area contributed by atoms with Gasteiger partial charge in [-0.05, 0) is 67.5 Å². The summed E-state index contributed by atoms with van der Waals surface area (Å²) in [4.78, 5) is 12.9. The molecule has 0 spiro atoms. The highest BCUT2D eigenvalue weighted by Gasteiger charge is 2.28. The van der Waals surface area contributed by atoms with Crippen LogP contribution in [0.1, 0.15) is 23.1 Å². The molecule has 0 aliphatic heterocycles. The summed E-state index contributed by atoms with van der Waals surface area (Å²) < 4.78 is 28.1. The van der Waals surface area contributed by atoms with Gasteiger partial charge in [0.05, 0.1) is 10.6 Å². The van der Waals surface area contributed by atoms with Gasteiger partial charge in [-0.25, -0.2) is 8.42 Å². The van der Waals surface area contributed by atoms with Gasteiger partial charge in [0.25, 0.3) is 10.0 Å². The summed E-state index contributed by atoms with van der Waals surface area (Å²) >= 11 is 14.2. The Morgan fingerprint density at radius 2 is 1.63 bits per heavy atom. The first-order valence-corrected chi connectivity index (χ1v) is 14.5. The topological polar surface area (TPSA) is 66.5 Å². The summed E-state index contributed by atoms with van der Waals surface area (Å²) in [6.45, 7) is 3.73. The number of amides is 1. The zero-order valence-corrected chi connectivity index (χ0v) is 22.8. The quantitative estimate of drug-likeness (QED) is 0.287. The molecule has 5 nitrogen and oxygen atoms in total. The Bertz CT molecular complexity index is 1270. The van der Waals surface area contributed by atoms with Gasteiger partial charge in [0.15, 0.2) is 0 Å². The molecule has 186 valence electrons. The lowest BCUT2D eigenvalue weighted by molar-refractivity contribution is -0.119. The third kappa shape index (κ3) is 7.40. The van der Waals surface area contributed by atoms with Crippen LogP contribution in [-0.2, 0) is 20.6 Å². The molecule has 0 fully saturated rings. The van der Waals surface area contributed by atoms with Crippen molar-refractivity contribution in [1.82, 2.24) is 5.32 Å². The Labute approximate surface area is 221 Å². The van der Waals surface area contributed by atoms with E-state index in [0.29, 0.717) is 22.8 Å². The van der Waals surface area contributed by atoms with Crippen LogP contribution in [0.15, 0.2) is 71.6 Å². The number of rotatable bonds is 11. The number of carbonyl (C=O) groups is 1. The van der Waals surface area contributed by atoms with Crippen molar-refractivity contribution < 1.29 is 13.2 Å². The van der Waals surface area contributed by atoms with Gasteiger partial charge in [-0.1, -0.05) is 65.2 Å². The number of nitrogens with zero attached hydrogens (tertiary/aromatic N) is 1. The largest absolute Gasteiger partial charge is 0.354 e. The van der Waals surface area contributed by atoms with Crippen LogP contribution in [0.25, 0.3) is 0 Å². The summed E-state index contributed by atoms with van der Waals surface area (Å²) in [5, 5.41) is 4.02. The van der Waals surface area contributed by atoms with Crippen molar-refractivity contribution in [2.45, 2.75) is 30.9 Å². The number of hydrogen-bond acceptors (Lipinski definition) is 4. The molecule has 0 atom stereocenters. The molecule has 0 heterocycles. The van der Waals surface area contributed by atoms with E-state index in [-0.39, 0.29) is 17.3 Å². The average Bonchev–Trinajstić information content (AvgIpc) is 2.83. The maximum absolute atomic E-state index is 13.5. The van der Waals surface area contributed by atoms with E-state index in [2.05, 4.69) is 5.32 Å². The van der Waals surface area contributed by atoms with Crippen molar-refractivity contribution in [2.24, 2.45) is 0 Å². The van der Waals surface area contributed by atoms with Gasteiger partial charge < -0.3 is 5.32 Å². The van der Waals surface area contributed by atoms with Crippen molar-refractivity contribution >= 4 is 56.6 Å². The van der Waals surface area contributed by atoms with E-state index in [0.717, 1.165) is 38.4 Å². The molecule has 3 aromatic rings. The molecule has 9 heteroatoms. The summed E-state index contributed by atoms with van der Waals surface area (Å²) in [6, 6.07) is 19.3. The van der Waals surface area contributed by atoms with Crippen molar-refractivity contribution in [3.63, 3.8) is 0 Å². The maximum atomic E-state index is 13.5. The van der Waals surface area contributed by atoms with Crippen molar-refractivity contribution in [1.29, 1.82) is 0 Å². The summed E-state index contributed by atoms with van der Waals surface area (Å²) in [5.41, 5.74) is 2.99.